The van der Waals surface area contributed by atoms with Gasteiger partial charge in [-0.25, -0.2) is 0 Å². The molecule has 170 valence electrons. The van der Waals surface area contributed by atoms with Gasteiger partial charge in [-0.2, -0.15) is 0 Å². The molecule has 0 radical (unpaired) electrons. The number of carbonyl (C=O) groups excluding carboxylic acids is 2. The standard InChI is InChI=1S/C26H27N3O4/c1-28(17-26(31)29-16-25(30)27-21-10-6-7-11-22(21)29)15-20-12-13-23(24(14-20)32-2)33-18-19-8-4-3-5-9-19/h3-14H,15-18H2,1-2H3,(H,27,30). The highest BCUT2D eigenvalue weighted by molar-refractivity contribution is 6.10. The molecular weight excluding hydrogens is 418 g/mol. The van der Waals surface area contributed by atoms with Gasteiger partial charge < -0.3 is 14.8 Å². The number of hydrogen-bond acceptors (Lipinski definition) is 5. The van der Waals surface area contributed by atoms with Gasteiger partial charge in [0.1, 0.15) is 13.2 Å². The Hall–Kier alpha value is -3.84. The zero-order chi connectivity index (χ0) is 23.2. The zero-order valence-electron chi connectivity index (χ0n) is 18.8. The largest absolute Gasteiger partial charge is 0.493 e. The quantitative estimate of drug-likeness (QED) is 0.573. The number of ether oxygens (including phenoxy) is 2. The summed E-state index contributed by atoms with van der Waals surface area (Å²) in [5, 5.41) is 2.80. The van der Waals surface area contributed by atoms with Crippen molar-refractivity contribution >= 4 is 23.2 Å². The molecule has 0 fully saturated rings. The van der Waals surface area contributed by atoms with Crippen LogP contribution >= 0.6 is 0 Å². The van der Waals surface area contributed by atoms with Crippen molar-refractivity contribution in [1.82, 2.24) is 4.90 Å². The third kappa shape index (κ3) is 5.51. The molecule has 1 aliphatic heterocycles. The minimum atomic E-state index is -0.194. The molecule has 33 heavy (non-hydrogen) atoms. The molecular formula is C26H27N3O4. The highest BCUT2D eigenvalue weighted by atomic mass is 16.5. The predicted octanol–water partition coefficient (Wildman–Crippen LogP) is 3.69. The Labute approximate surface area is 193 Å². The van der Waals surface area contributed by atoms with Crippen LogP contribution in [0.1, 0.15) is 11.1 Å². The third-order valence-electron chi connectivity index (χ3n) is 5.39. The number of nitrogens with zero attached hydrogens (tertiary/aromatic N) is 2. The monoisotopic (exact) mass is 445 g/mol. The normalized spacial score (nSPS) is 12.8. The number of amides is 2. The second-order valence-corrected chi connectivity index (χ2v) is 7.98. The number of likely N-dealkylation sites (N-methyl/N-ethyl adjacent to an activating group) is 1. The second kappa shape index (κ2) is 10.2. The Morgan fingerprint density at radius 3 is 2.55 bits per heavy atom. The van der Waals surface area contributed by atoms with Gasteiger partial charge in [-0.15, -0.1) is 0 Å². The number of rotatable bonds is 8. The predicted molar refractivity (Wildman–Crippen MR) is 128 cm³/mol. The molecule has 0 atom stereocenters. The van der Waals surface area contributed by atoms with Crippen LogP contribution in [-0.4, -0.2) is 44.0 Å². The first-order valence-corrected chi connectivity index (χ1v) is 10.7. The number of anilines is 2. The van der Waals surface area contributed by atoms with Crippen LogP contribution in [0.15, 0.2) is 72.8 Å². The molecule has 1 heterocycles. The minimum absolute atomic E-state index is 0.0188. The zero-order valence-corrected chi connectivity index (χ0v) is 18.8. The lowest BCUT2D eigenvalue weighted by molar-refractivity contribution is -0.122. The lowest BCUT2D eigenvalue weighted by Crippen LogP contribution is -2.45. The Kier molecular flexibility index (Phi) is 6.90. The van der Waals surface area contributed by atoms with E-state index in [1.807, 2.05) is 78.7 Å². The summed E-state index contributed by atoms with van der Waals surface area (Å²) in [6, 6.07) is 23.0. The first-order valence-electron chi connectivity index (χ1n) is 10.7. The van der Waals surface area contributed by atoms with E-state index in [-0.39, 0.29) is 24.9 Å². The first kappa shape index (κ1) is 22.4. The molecule has 0 saturated carbocycles. The van der Waals surface area contributed by atoms with Gasteiger partial charge in [0.15, 0.2) is 11.5 Å². The molecule has 3 aromatic carbocycles. The van der Waals surface area contributed by atoms with Crippen LogP contribution in [0, 0.1) is 0 Å². The van der Waals surface area contributed by atoms with Gasteiger partial charge in [0.2, 0.25) is 11.8 Å². The molecule has 7 nitrogen and oxygen atoms in total. The average molecular weight is 446 g/mol. The van der Waals surface area contributed by atoms with Gasteiger partial charge in [-0.1, -0.05) is 48.5 Å². The Morgan fingerprint density at radius 2 is 1.76 bits per heavy atom. The number of carbonyl (C=O) groups is 2. The van der Waals surface area contributed by atoms with Gasteiger partial charge in [0, 0.05) is 6.54 Å². The minimum Gasteiger partial charge on any atom is -0.493 e. The van der Waals surface area contributed by atoms with E-state index in [1.165, 1.54) is 4.90 Å². The smallest absolute Gasteiger partial charge is 0.244 e. The van der Waals surface area contributed by atoms with E-state index in [9.17, 15) is 9.59 Å². The number of hydrogen-bond donors (Lipinski definition) is 1. The highest BCUT2D eigenvalue weighted by Gasteiger charge is 2.27. The van der Waals surface area contributed by atoms with Crippen molar-refractivity contribution in [2.24, 2.45) is 0 Å². The summed E-state index contributed by atoms with van der Waals surface area (Å²) < 4.78 is 11.4. The summed E-state index contributed by atoms with van der Waals surface area (Å²) in [5.74, 6) is 0.986. The van der Waals surface area contributed by atoms with Gasteiger partial charge >= 0.3 is 0 Å². The van der Waals surface area contributed by atoms with Gasteiger partial charge in [0.05, 0.1) is 25.0 Å². The summed E-state index contributed by atoms with van der Waals surface area (Å²) in [4.78, 5) is 28.4. The molecule has 4 rings (SSSR count). The van der Waals surface area contributed by atoms with Crippen LogP contribution in [0.5, 0.6) is 11.5 Å². The van der Waals surface area contributed by atoms with E-state index in [1.54, 1.807) is 13.2 Å². The number of fused-ring (bicyclic) bond motifs is 1. The van der Waals surface area contributed by atoms with Crippen molar-refractivity contribution in [3.63, 3.8) is 0 Å². The number of nitrogens with one attached hydrogen (secondary N) is 1. The summed E-state index contributed by atoms with van der Waals surface area (Å²) in [6.07, 6.45) is 0. The Balaban J connectivity index is 1.38. The summed E-state index contributed by atoms with van der Waals surface area (Å²) >= 11 is 0. The molecule has 0 bridgehead atoms. The van der Waals surface area contributed by atoms with Crippen molar-refractivity contribution in [3.8, 4) is 11.5 Å². The van der Waals surface area contributed by atoms with Crippen molar-refractivity contribution in [1.29, 1.82) is 0 Å². The maximum absolute atomic E-state index is 13.0. The molecule has 7 heteroatoms. The summed E-state index contributed by atoms with van der Waals surface area (Å²) in [5.41, 5.74) is 3.44. The lowest BCUT2D eigenvalue weighted by Gasteiger charge is -2.30. The molecule has 0 unspecified atom stereocenters. The number of benzene rings is 3. The van der Waals surface area contributed by atoms with Crippen LogP contribution in [-0.2, 0) is 22.7 Å². The average Bonchev–Trinajstić information content (AvgIpc) is 2.83. The van der Waals surface area contributed by atoms with Crippen LogP contribution in [0.4, 0.5) is 11.4 Å². The molecule has 0 saturated heterocycles. The molecule has 0 aromatic heterocycles. The van der Waals surface area contributed by atoms with Crippen LogP contribution < -0.4 is 19.7 Å². The molecule has 2 amide bonds. The van der Waals surface area contributed by atoms with Crippen LogP contribution in [0.3, 0.4) is 0 Å². The molecule has 0 aliphatic carbocycles. The van der Waals surface area contributed by atoms with Crippen LogP contribution in [0.2, 0.25) is 0 Å². The van der Waals surface area contributed by atoms with Crippen molar-refractivity contribution in [3.05, 3.63) is 83.9 Å². The lowest BCUT2D eigenvalue weighted by atomic mass is 10.1. The van der Waals surface area contributed by atoms with E-state index in [4.69, 9.17) is 9.47 Å². The Bertz CT molecular complexity index is 1130. The molecule has 1 aliphatic rings. The Morgan fingerprint density at radius 1 is 1.00 bits per heavy atom. The summed E-state index contributed by atoms with van der Waals surface area (Å²) in [6.45, 7) is 1.19. The second-order valence-electron chi connectivity index (χ2n) is 7.98. The topological polar surface area (TPSA) is 71.1 Å². The fourth-order valence-corrected chi connectivity index (χ4v) is 3.80. The fourth-order valence-electron chi connectivity index (χ4n) is 3.80. The fraction of sp³-hybridized carbons (Fsp3) is 0.231. The van der Waals surface area contributed by atoms with E-state index < -0.39 is 0 Å². The SMILES string of the molecule is COc1cc(CN(C)CC(=O)N2CC(=O)Nc3ccccc32)ccc1OCc1ccccc1. The van der Waals surface area contributed by atoms with Gasteiger partial charge in [0.25, 0.3) is 0 Å². The molecule has 3 aromatic rings. The highest BCUT2D eigenvalue weighted by Crippen LogP contribution is 2.30. The third-order valence-corrected chi connectivity index (χ3v) is 5.39. The van der Waals surface area contributed by atoms with Crippen LogP contribution in [0.25, 0.3) is 0 Å². The number of para-hydroxylation sites is 2. The van der Waals surface area contributed by atoms with E-state index in [0.717, 1.165) is 16.8 Å². The van der Waals surface area contributed by atoms with Gasteiger partial charge in [-0.3, -0.25) is 19.4 Å². The maximum atomic E-state index is 13.0. The first-order chi connectivity index (χ1) is 16.0. The maximum Gasteiger partial charge on any atom is 0.244 e. The molecule has 1 N–H and O–H groups in total. The van der Waals surface area contributed by atoms with E-state index in [2.05, 4.69) is 5.32 Å². The van der Waals surface area contributed by atoms with Crippen molar-refractivity contribution < 1.29 is 19.1 Å². The van der Waals surface area contributed by atoms with Gasteiger partial charge in [-0.05, 0) is 42.4 Å². The summed E-state index contributed by atoms with van der Waals surface area (Å²) in [7, 11) is 3.49. The van der Waals surface area contributed by atoms with Crippen molar-refractivity contribution in [2.45, 2.75) is 13.2 Å². The van der Waals surface area contributed by atoms with Crippen molar-refractivity contribution in [2.75, 3.05) is 37.5 Å². The van der Waals surface area contributed by atoms with E-state index >= 15 is 0 Å². The van der Waals surface area contributed by atoms with E-state index in [0.29, 0.717) is 30.3 Å². The molecule has 0 spiro atoms. The number of methoxy groups -OCH3 is 1.